The molecule has 2 aliphatic heterocycles. The predicted molar refractivity (Wildman–Crippen MR) is 115 cm³/mol. The minimum absolute atomic E-state index is 0.0134. The van der Waals surface area contributed by atoms with Gasteiger partial charge in [-0.05, 0) is 38.2 Å². The normalized spacial score (nSPS) is 21.6. The first-order chi connectivity index (χ1) is 15.0. The van der Waals surface area contributed by atoms with E-state index in [1.165, 1.54) is 0 Å². The molecule has 1 saturated carbocycles. The molecule has 5 rings (SSSR count). The molecule has 0 radical (unpaired) electrons. The van der Waals surface area contributed by atoms with Crippen LogP contribution in [0.5, 0.6) is 0 Å². The van der Waals surface area contributed by atoms with Crippen molar-refractivity contribution in [1.29, 1.82) is 0 Å². The second-order valence-corrected chi connectivity index (χ2v) is 9.06. The summed E-state index contributed by atoms with van der Waals surface area (Å²) >= 11 is 0. The fourth-order valence-corrected chi connectivity index (χ4v) is 4.77. The molecule has 3 heterocycles. The summed E-state index contributed by atoms with van der Waals surface area (Å²) in [6.07, 6.45) is 3.28. The third kappa shape index (κ3) is 3.89. The van der Waals surface area contributed by atoms with Crippen LogP contribution in [0.15, 0.2) is 35.1 Å². The average molecular weight is 421 g/mol. The van der Waals surface area contributed by atoms with E-state index in [0.29, 0.717) is 44.0 Å². The highest BCUT2D eigenvalue weighted by Crippen LogP contribution is 2.33. The van der Waals surface area contributed by atoms with Gasteiger partial charge in [0.25, 0.3) is 5.56 Å². The van der Waals surface area contributed by atoms with E-state index in [-0.39, 0.29) is 35.1 Å². The molecule has 0 bridgehead atoms. The number of H-pyrrole nitrogens is 1. The maximum Gasteiger partial charge on any atom is 0.254 e. The molecule has 2 fully saturated rings. The zero-order valence-electron chi connectivity index (χ0n) is 17.8. The number of amides is 2. The number of nitrogens with one attached hydrogen (secondary N) is 1. The summed E-state index contributed by atoms with van der Waals surface area (Å²) in [5.41, 5.74) is 2.34. The van der Waals surface area contributed by atoms with Crippen molar-refractivity contribution < 1.29 is 9.59 Å². The van der Waals surface area contributed by atoms with E-state index in [1.54, 1.807) is 0 Å². The Labute approximate surface area is 181 Å². The summed E-state index contributed by atoms with van der Waals surface area (Å²) in [7, 11) is 0. The van der Waals surface area contributed by atoms with Crippen molar-refractivity contribution in [2.75, 3.05) is 19.6 Å². The molecule has 1 N–H and O–H groups in total. The van der Waals surface area contributed by atoms with E-state index in [2.05, 4.69) is 4.98 Å². The molecule has 0 spiro atoms. The molecule has 162 valence electrons. The van der Waals surface area contributed by atoms with Gasteiger partial charge in [-0.15, -0.1) is 0 Å². The van der Waals surface area contributed by atoms with Crippen LogP contribution in [0, 0.1) is 5.92 Å². The summed E-state index contributed by atoms with van der Waals surface area (Å²) in [5, 5.41) is 0. The quantitative estimate of drug-likeness (QED) is 0.822. The van der Waals surface area contributed by atoms with Gasteiger partial charge in [0.15, 0.2) is 0 Å². The van der Waals surface area contributed by atoms with Crippen LogP contribution in [-0.2, 0) is 22.6 Å². The summed E-state index contributed by atoms with van der Waals surface area (Å²) in [6.45, 7) is 4.17. The number of benzene rings is 1. The monoisotopic (exact) mass is 420 g/mol. The van der Waals surface area contributed by atoms with Crippen LogP contribution >= 0.6 is 0 Å². The van der Waals surface area contributed by atoms with E-state index in [9.17, 15) is 14.4 Å². The Hall–Kier alpha value is -2.96. The molecule has 2 amide bonds. The first-order valence-electron chi connectivity index (χ1n) is 11.3. The van der Waals surface area contributed by atoms with Crippen molar-refractivity contribution >= 4 is 11.8 Å². The highest BCUT2D eigenvalue weighted by atomic mass is 16.2. The predicted octanol–water partition coefficient (Wildman–Crippen LogP) is 2.18. The van der Waals surface area contributed by atoms with Gasteiger partial charge >= 0.3 is 0 Å². The molecule has 1 saturated heterocycles. The molecule has 3 aliphatic rings. The summed E-state index contributed by atoms with van der Waals surface area (Å²) in [4.78, 5) is 49.6. The van der Waals surface area contributed by atoms with Crippen LogP contribution < -0.4 is 5.56 Å². The molecule has 2 atom stereocenters. The third-order valence-electron chi connectivity index (χ3n) is 6.89. The molecule has 7 nitrogen and oxygen atoms in total. The molecule has 7 heteroatoms. The number of rotatable bonds is 4. The second kappa shape index (κ2) is 7.94. The molecule has 1 aliphatic carbocycles. The molecule has 2 aromatic rings. The number of fused-ring (bicyclic) bond motifs is 1. The van der Waals surface area contributed by atoms with E-state index < -0.39 is 0 Å². The van der Waals surface area contributed by atoms with Crippen molar-refractivity contribution in [2.24, 2.45) is 5.92 Å². The Morgan fingerprint density at radius 1 is 1.10 bits per heavy atom. The molecule has 1 aromatic heterocycles. The van der Waals surface area contributed by atoms with E-state index >= 15 is 0 Å². The lowest BCUT2D eigenvalue weighted by Gasteiger charge is -2.28. The molecular formula is C24H28N4O3. The number of carbonyl (C=O) groups is 2. The number of carbonyl (C=O) groups excluding carboxylic acids is 2. The first-order valence-corrected chi connectivity index (χ1v) is 11.3. The zero-order valence-corrected chi connectivity index (χ0v) is 17.8. The fraction of sp³-hybridized carbons (Fsp3) is 0.500. The van der Waals surface area contributed by atoms with Gasteiger partial charge in [0.1, 0.15) is 5.82 Å². The van der Waals surface area contributed by atoms with E-state index in [0.717, 1.165) is 30.5 Å². The van der Waals surface area contributed by atoms with Crippen molar-refractivity contribution in [3.05, 3.63) is 63.3 Å². The third-order valence-corrected chi connectivity index (χ3v) is 6.89. The minimum Gasteiger partial charge on any atom is -0.341 e. The SMILES string of the molecule is C[C@H](C(=O)N1CC[C@H](c2nc3c(c(=O)[nH]2)CCN(C(=O)C2CC2)C3)C1)c1ccccc1. The summed E-state index contributed by atoms with van der Waals surface area (Å²) in [5.74, 6) is 0.935. The van der Waals surface area contributed by atoms with Crippen LogP contribution in [0.4, 0.5) is 0 Å². The van der Waals surface area contributed by atoms with Crippen LogP contribution in [-0.4, -0.2) is 51.2 Å². The average Bonchev–Trinajstić information content (AvgIpc) is 3.53. The molecular weight excluding hydrogens is 392 g/mol. The Morgan fingerprint density at radius 2 is 1.87 bits per heavy atom. The van der Waals surface area contributed by atoms with Gasteiger partial charge < -0.3 is 14.8 Å². The number of hydrogen-bond donors (Lipinski definition) is 1. The number of likely N-dealkylation sites (tertiary alicyclic amines) is 1. The molecule has 31 heavy (non-hydrogen) atoms. The van der Waals surface area contributed by atoms with Gasteiger partial charge in [-0.1, -0.05) is 30.3 Å². The first kappa shape index (κ1) is 20.0. The Morgan fingerprint density at radius 3 is 2.61 bits per heavy atom. The van der Waals surface area contributed by atoms with Crippen LogP contribution in [0.25, 0.3) is 0 Å². The molecule has 1 aromatic carbocycles. The van der Waals surface area contributed by atoms with Crippen LogP contribution in [0.1, 0.15) is 60.7 Å². The zero-order chi connectivity index (χ0) is 21.5. The van der Waals surface area contributed by atoms with Gasteiger partial charge in [-0.3, -0.25) is 14.4 Å². The smallest absolute Gasteiger partial charge is 0.254 e. The fourth-order valence-electron chi connectivity index (χ4n) is 4.77. The number of hydrogen-bond acceptors (Lipinski definition) is 4. The van der Waals surface area contributed by atoms with Crippen molar-refractivity contribution in [3.8, 4) is 0 Å². The maximum atomic E-state index is 13.0. The maximum absolute atomic E-state index is 13.0. The van der Waals surface area contributed by atoms with Gasteiger partial charge in [0, 0.05) is 37.0 Å². The van der Waals surface area contributed by atoms with Crippen molar-refractivity contribution in [1.82, 2.24) is 19.8 Å². The standard InChI is InChI=1S/C24H28N4O3/c1-15(16-5-3-2-4-6-16)23(30)27-11-9-18(13-27)21-25-20-14-28(24(31)17-7-8-17)12-10-19(20)22(29)26-21/h2-6,15,17-18H,7-14H2,1H3,(H,25,26,29)/t15-,18-/m0/s1. The van der Waals surface area contributed by atoms with Gasteiger partial charge in [-0.2, -0.15) is 0 Å². The van der Waals surface area contributed by atoms with E-state index in [4.69, 9.17) is 4.98 Å². The van der Waals surface area contributed by atoms with Crippen LogP contribution in [0.2, 0.25) is 0 Å². The van der Waals surface area contributed by atoms with Crippen molar-refractivity contribution in [3.63, 3.8) is 0 Å². The van der Waals surface area contributed by atoms with Gasteiger partial charge in [0.2, 0.25) is 11.8 Å². The van der Waals surface area contributed by atoms with Gasteiger partial charge in [0.05, 0.1) is 18.2 Å². The highest BCUT2D eigenvalue weighted by Gasteiger charge is 2.36. The lowest BCUT2D eigenvalue weighted by Crippen LogP contribution is -2.40. The second-order valence-electron chi connectivity index (χ2n) is 9.06. The largest absolute Gasteiger partial charge is 0.341 e. The number of aromatic amines is 1. The summed E-state index contributed by atoms with van der Waals surface area (Å²) in [6, 6.07) is 9.81. The lowest BCUT2D eigenvalue weighted by atomic mass is 10.00. The van der Waals surface area contributed by atoms with Crippen LogP contribution in [0.3, 0.4) is 0 Å². The lowest BCUT2D eigenvalue weighted by molar-refractivity contribution is -0.133. The van der Waals surface area contributed by atoms with Crippen molar-refractivity contribution in [2.45, 2.75) is 51.0 Å². The van der Waals surface area contributed by atoms with Gasteiger partial charge in [-0.25, -0.2) is 4.98 Å². The minimum atomic E-state index is -0.197. The summed E-state index contributed by atoms with van der Waals surface area (Å²) < 4.78 is 0. The number of aromatic nitrogens is 2. The topological polar surface area (TPSA) is 86.4 Å². The van der Waals surface area contributed by atoms with E-state index in [1.807, 2.05) is 47.1 Å². The Balaban J connectivity index is 1.31. The Bertz CT molecular complexity index is 1060. The molecule has 0 unspecified atom stereocenters. The highest BCUT2D eigenvalue weighted by molar-refractivity contribution is 5.83. The Kier molecular flexibility index (Phi) is 5.12. The number of nitrogens with zero attached hydrogens (tertiary/aromatic N) is 3.